The maximum Gasteiger partial charge on any atom is 0.178 e. The summed E-state index contributed by atoms with van der Waals surface area (Å²) in [6.45, 7) is 0. The number of nitrogens with zero attached hydrogens (tertiary/aromatic N) is 3. The van der Waals surface area contributed by atoms with Gasteiger partial charge in [0.05, 0.1) is 11.9 Å². The lowest BCUT2D eigenvalue weighted by atomic mass is 10.5. The first kappa shape index (κ1) is 8.80. The molecular formula is C7H9ClN4. The van der Waals surface area contributed by atoms with E-state index in [4.69, 9.17) is 0 Å². The first-order valence-corrected chi connectivity index (χ1v) is 3.38. The fourth-order valence-electron chi connectivity index (χ4n) is 1.00. The number of anilines is 1. The lowest BCUT2D eigenvalue weighted by Gasteiger charge is -1.93. The highest BCUT2D eigenvalue weighted by Gasteiger charge is 1.99. The van der Waals surface area contributed by atoms with Crippen LogP contribution in [0.5, 0.6) is 0 Å². The number of rotatable bonds is 1. The predicted molar refractivity (Wildman–Crippen MR) is 49.8 cm³/mol. The molecule has 2 heterocycles. The molecule has 0 aromatic carbocycles. The van der Waals surface area contributed by atoms with Gasteiger partial charge in [-0.25, -0.2) is 9.50 Å². The Morgan fingerprint density at radius 2 is 2.33 bits per heavy atom. The Morgan fingerprint density at radius 1 is 1.50 bits per heavy atom. The molecule has 0 fully saturated rings. The van der Waals surface area contributed by atoms with Crippen molar-refractivity contribution in [2.24, 2.45) is 0 Å². The molecule has 0 aliphatic rings. The third kappa shape index (κ3) is 1.21. The smallest absolute Gasteiger partial charge is 0.178 e. The van der Waals surface area contributed by atoms with Gasteiger partial charge in [-0.05, 0) is 6.07 Å². The molecule has 0 aliphatic heterocycles. The molecule has 5 heteroatoms. The summed E-state index contributed by atoms with van der Waals surface area (Å²) in [5, 5.41) is 7.09. The van der Waals surface area contributed by atoms with Gasteiger partial charge in [0.1, 0.15) is 0 Å². The predicted octanol–water partition coefficient (Wildman–Crippen LogP) is 1.19. The van der Waals surface area contributed by atoms with E-state index in [1.807, 2.05) is 19.3 Å². The van der Waals surface area contributed by atoms with Crippen LogP contribution < -0.4 is 5.32 Å². The van der Waals surface area contributed by atoms with E-state index in [9.17, 15) is 0 Å². The van der Waals surface area contributed by atoms with Crippen molar-refractivity contribution in [1.82, 2.24) is 14.6 Å². The Balaban J connectivity index is 0.000000720. The van der Waals surface area contributed by atoms with Gasteiger partial charge in [-0.3, -0.25) is 0 Å². The molecule has 0 atom stereocenters. The van der Waals surface area contributed by atoms with E-state index < -0.39 is 0 Å². The van der Waals surface area contributed by atoms with Crippen LogP contribution in [0.4, 0.5) is 5.69 Å². The Bertz CT molecular complexity index is 370. The minimum atomic E-state index is 0. The molecule has 0 unspecified atom stereocenters. The second kappa shape index (κ2) is 3.40. The van der Waals surface area contributed by atoms with Crippen molar-refractivity contribution in [2.75, 3.05) is 12.4 Å². The first-order chi connectivity index (χ1) is 5.42. The van der Waals surface area contributed by atoms with Crippen LogP contribution in [0.1, 0.15) is 0 Å². The van der Waals surface area contributed by atoms with E-state index in [0.29, 0.717) is 0 Å². The van der Waals surface area contributed by atoms with Crippen LogP contribution in [0, 0.1) is 0 Å². The Labute approximate surface area is 76.0 Å². The first-order valence-electron chi connectivity index (χ1n) is 3.38. The molecule has 0 saturated heterocycles. The van der Waals surface area contributed by atoms with Crippen molar-refractivity contribution in [3.8, 4) is 0 Å². The molecule has 2 rings (SSSR count). The van der Waals surface area contributed by atoms with Gasteiger partial charge in [-0.1, -0.05) is 0 Å². The van der Waals surface area contributed by atoms with Gasteiger partial charge in [0, 0.05) is 19.4 Å². The van der Waals surface area contributed by atoms with Crippen molar-refractivity contribution in [3.63, 3.8) is 0 Å². The molecule has 0 aliphatic carbocycles. The number of hydrogen-bond acceptors (Lipinski definition) is 3. The average molecular weight is 185 g/mol. The monoisotopic (exact) mass is 184 g/mol. The van der Waals surface area contributed by atoms with Crippen LogP contribution in [0.2, 0.25) is 0 Å². The van der Waals surface area contributed by atoms with Crippen LogP contribution in [-0.4, -0.2) is 21.6 Å². The highest BCUT2D eigenvalue weighted by atomic mass is 35.5. The van der Waals surface area contributed by atoms with Gasteiger partial charge in [-0.2, -0.15) is 5.10 Å². The second-order valence-corrected chi connectivity index (χ2v) is 2.20. The van der Waals surface area contributed by atoms with Crippen LogP contribution in [0.15, 0.2) is 24.7 Å². The molecule has 0 spiro atoms. The lowest BCUT2D eigenvalue weighted by Crippen LogP contribution is -1.90. The summed E-state index contributed by atoms with van der Waals surface area (Å²) in [6, 6.07) is 1.85. The van der Waals surface area contributed by atoms with Gasteiger partial charge in [-0.15, -0.1) is 12.4 Å². The summed E-state index contributed by atoms with van der Waals surface area (Å²) in [4.78, 5) is 4.15. The third-order valence-corrected chi connectivity index (χ3v) is 1.55. The molecular weight excluding hydrogens is 176 g/mol. The summed E-state index contributed by atoms with van der Waals surface area (Å²) in [5.41, 5.74) is 1.81. The highest BCUT2D eigenvalue weighted by molar-refractivity contribution is 5.85. The Morgan fingerprint density at radius 3 is 3.08 bits per heavy atom. The normalized spacial score (nSPS) is 9.42. The molecule has 0 amide bonds. The number of hydrogen-bond donors (Lipinski definition) is 1. The molecule has 0 bridgehead atoms. The maximum atomic E-state index is 4.15. The Kier molecular flexibility index (Phi) is 2.50. The summed E-state index contributed by atoms with van der Waals surface area (Å²) in [7, 11) is 1.85. The van der Waals surface area contributed by atoms with Crippen molar-refractivity contribution < 1.29 is 0 Å². The third-order valence-electron chi connectivity index (χ3n) is 1.55. The van der Waals surface area contributed by atoms with E-state index in [1.54, 1.807) is 16.9 Å². The maximum absolute atomic E-state index is 4.15. The number of fused-ring (bicyclic) bond motifs is 1. The van der Waals surface area contributed by atoms with E-state index >= 15 is 0 Å². The fraction of sp³-hybridized carbons (Fsp3) is 0.143. The second-order valence-electron chi connectivity index (χ2n) is 2.20. The van der Waals surface area contributed by atoms with Crippen molar-refractivity contribution in [3.05, 3.63) is 24.7 Å². The average Bonchev–Trinajstić information content (AvgIpc) is 2.47. The molecule has 2 aromatic rings. The molecule has 2 aromatic heterocycles. The molecule has 0 radical (unpaired) electrons. The zero-order valence-electron chi connectivity index (χ0n) is 6.56. The number of nitrogens with one attached hydrogen (secondary N) is 1. The Hall–Kier alpha value is -1.29. The van der Waals surface area contributed by atoms with E-state index in [2.05, 4.69) is 15.4 Å². The molecule has 64 valence electrons. The fourth-order valence-corrected chi connectivity index (χ4v) is 1.00. The molecule has 1 N–H and O–H groups in total. The topological polar surface area (TPSA) is 42.2 Å². The van der Waals surface area contributed by atoms with Gasteiger partial charge in [0.15, 0.2) is 5.65 Å². The quantitative estimate of drug-likeness (QED) is 0.724. The van der Waals surface area contributed by atoms with Crippen LogP contribution in [-0.2, 0) is 0 Å². The SMILES string of the molecule is CNc1cnn2cccnc12.Cl. The molecule has 12 heavy (non-hydrogen) atoms. The summed E-state index contributed by atoms with van der Waals surface area (Å²) in [5.74, 6) is 0. The van der Waals surface area contributed by atoms with Crippen LogP contribution >= 0.6 is 12.4 Å². The van der Waals surface area contributed by atoms with Crippen LogP contribution in [0.3, 0.4) is 0 Å². The number of halogens is 1. The zero-order chi connectivity index (χ0) is 7.68. The molecule has 0 saturated carbocycles. The summed E-state index contributed by atoms with van der Waals surface area (Å²) < 4.78 is 1.73. The van der Waals surface area contributed by atoms with Crippen LogP contribution in [0.25, 0.3) is 5.65 Å². The highest BCUT2D eigenvalue weighted by Crippen LogP contribution is 2.10. The van der Waals surface area contributed by atoms with Gasteiger partial charge < -0.3 is 5.32 Å². The summed E-state index contributed by atoms with van der Waals surface area (Å²) >= 11 is 0. The van der Waals surface area contributed by atoms with Gasteiger partial charge in [0.25, 0.3) is 0 Å². The van der Waals surface area contributed by atoms with E-state index in [0.717, 1.165) is 11.3 Å². The van der Waals surface area contributed by atoms with Gasteiger partial charge >= 0.3 is 0 Å². The number of aromatic nitrogens is 3. The minimum Gasteiger partial charge on any atom is -0.384 e. The lowest BCUT2D eigenvalue weighted by molar-refractivity contribution is 0.939. The van der Waals surface area contributed by atoms with E-state index in [1.165, 1.54) is 0 Å². The van der Waals surface area contributed by atoms with Crippen molar-refractivity contribution >= 4 is 23.7 Å². The van der Waals surface area contributed by atoms with Gasteiger partial charge in [0.2, 0.25) is 0 Å². The largest absolute Gasteiger partial charge is 0.384 e. The van der Waals surface area contributed by atoms with E-state index in [-0.39, 0.29) is 12.4 Å². The van der Waals surface area contributed by atoms with Crippen molar-refractivity contribution in [1.29, 1.82) is 0 Å². The molecule has 4 nitrogen and oxygen atoms in total. The summed E-state index contributed by atoms with van der Waals surface area (Å²) in [6.07, 6.45) is 5.36. The standard InChI is InChI=1S/C7H8N4.ClH/c1-8-6-5-10-11-4-2-3-9-7(6)11;/h2-5,8H,1H3;1H. The van der Waals surface area contributed by atoms with Crippen molar-refractivity contribution in [2.45, 2.75) is 0 Å². The minimum absolute atomic E-state index is 0. The zero-order valence-corrected chi connectivity index (χ0v) is 7.38.